The average molecular weight is 400 g/mol. The number of rotatable bonds is 8. The summed E-state index contributed by atoms with van der Waals surface area (Å²) >= 11 is 1.54. The van der Waals surface area contributed by atoms with Gasteiger partial charge in [0.15, 0.2) is 6.61 Å². The van der Waals surface area contributed by atoms with Gasteiger partial charge in [-0.3, -0.25) is 20.4 Å². The smallest absolute Gasteiger partial charge is 0.276 e. The van der Waals surface area contributed by atoms with Crippen LogP contribution in [0.3, 0.4) is 0 Å². The molecule has 1 aromatic carbocycles. The predicted octanol–water partition coefficient (Wildman–Crippen LogP) is 2.52. The average Bonchev–Trinajstić information content (AvgIpc) is 3.41. The third kappa shape index (κ3) is 5.65. The van der Waals surface area contributed by atoms with Crippen LogP contribution in [-0.2, 0) is 22.4 Å². The molecule has 0 saturated heterocycles. The van der Waals surface area contributed by atoms with Gasteiger partial charge in [0.25, 0.3) is 5.91 Å². The number of thiophene rings is 1. The van der Waals surface area contributed by atoms with Crippen molar-refractivity contribution in [2.45, 2.75) is 26.2 Å². The molecule has 9 heteroatoms. The fraction of sp³-hybridized carbons (Fsp3) is 0.263. The topological polar surface area (TPSA) is 106 Å². The van der Waals surface area contributed by atoms with E-state index in [-0.39, 0.29) is 25.4 Å². The molecule has 0 bridgehead atoms. The van der Waals surface area contributed by atoms with Crippen LogP contribution in [0.5, 0.6) is 5.75 Å². The van der Waals surface area contributed by atoms with E-state index in [0.29, 0.717) is 17.5 Å². The van der Waals surface area contributed by atoms with E-state index >= 15 is 0 Å². The maximum absolute atomic E-state index is 11.8. The summed E-state index contributed by atoms with van der Waals surface area (Å²) in [5.74, 6) is 0.633. The first-order valence-electron chi connectivity index (χ1n) is 8.78. The number of hydrogen-bond acceptors (Lipinski definition) is 7. The predicted molar refractivity (Wildman–Crippen MR) is 104 cm³/mol. The molecule has 0 saturated carbocycles. The van der Waals surface area contributed by atoms with Gasteiger partial charge in [0, 0.05) is 23.8 Å². The molecular weight excluding hydrogens is 380 g/mol. The van der Waals surface area contributed by atoms with E-state index in [2.05, 4.69) is 27.9 Å². The van der Waals surface area contributed by atoms with Crippen molar-refractivity contribution >= 4 is 23.2 Å². The molecule has 2 heterocycles. The lowest BCUT2D eigenvalue weighted by Crippen LogP contribution is -2.43. The number of carbonyl (C=O) groups excluding carboxylic acids is 2. The monoisotopic (exact) mass is 400 g/mol. The maximum Gasteiger partial charge on any atom is 0.276 e. The highest BCUT2D eigenvalue weighted by Crippen LogP contribution is 2.19. The molecule has 146 valence electrons. The lowest BCUT2D eigenvalue weighted by molar-refractivity contribution is -0.130. The van der Waals surface area contributed by atoms with Crippen LogP contribution < -0.4 is 15.6 Å². The molecule has 0 fully saturated rings. The van der Waals surface area contributed by atoms with Crippen molar-refractivity contribution in [3.05, 3.63) is 52.5 Å². The fourth-order valence-electron chi connectivity index (χ4n) is 2.29. The Kier molecular flexibility index (Phi) is 6.74. The number of benzene rings is 1. The highest BCUT2D eigenvalue weighted by Gasteiger charge is 2.11. The molecule has 3 rings (SSSR count). The number of ether oxygens (including phenoxy) is 1. The molecule has 8 nitrogen and oxygen atoms in total. The van der Waals surface area contributed by atoms with Crippen LogP contribution in [0.4, 0.5) is 0 Å². The number of hydrogen-bond donors (Lipinski definition) is 2. The van der Waals surface area contributed by atoms with Crippen molar-refractivity contribution in [3.8, 4) is 17.1 Å². The minimum atomic E-state index is -0.453. The van der Waals surface area contributed by atoms with E-state index in [0.717, 1.165) is 12.0 Å². The SMILES string of the molecule is CCc1ccc(OCC(=O)NNC(=O)CCc2nc(-c3ccsc3)no2)cc1. The molecule has 0 unspecified atom stereocenters. The standard InChI is InChI=1S/C19H20N4O4S/c1-2-13-3-5-15(6-4-13)26-11-17(25)22-21-16(24)7-8-18-20-19(23-27-18)14-9-10-28-12-14/h3-6,9-10,12H,2,7-8,11H2,1H3,(H,21,24)(H,22,25). The van der Waals surface area contributed by atoms with Crippen molar-refractivity contribution in [1.29, 1.82) is 0 Å². The fourth-order valence-corrected chi connectivity index (χ4v) is 2.93. The molecule has 0 radical (unpaired) electrons. The number of nitrogens with zero attached hydrogens (tertiary/aromatic N) is 2. The Labute approximate surface area is 165 Å². The molecule has 2 amide bonds. The Balaban J connectivity index is 1.35. The quantitative estimate of drug-likeness (QED) is 0.563. The molecule has 0 aliphatic rings. The van der Waals surface area contributed by atoms with E-state index in [4.69, 9.17) is 9.26 Å². The minimum absolute atomic E-state index is 0.102. The summed E-state index contributed by atoms with van der Waals surface area (Å²) in [6.45, 7) is 1.87. The first-order chi connectivity index (χ1) is 13.6. The van der Waals surface area contributed by atoms with E-state index in [9.17, 15) is 9.59 Å². The summed E-state index contributed by atoms with van der Waals surface area (Å²) in [5, 5.41) is 7.71. The number of aromatic nitrogens is 2. The summed E-state index contributed by atoms with van der Waals surface area (Å²) in [7, 11) is 0. The van der Waals surface area contributed by atoms with Crippen LogP contribution in [0.15, 0.2) is 45.6 Å². The van der Waals surface area contributed by atoms with Gasteiger partial charge in [-0.15, -0.1) is 0 Å². The van der Waals surface area contributed by atoms with Crippen molar-refractivity contribution in [3.63, 3.8) is 0 Å². The third-order valence-electron chi connectivity index (χ3n) is 3.86. The van der Waals surface area contributed by atoms with Crippen LogP contribution in [0.1, 0.15) is 24.8 Å². The Hall–Kier alpha value is -3.20. The number of hydrazine groups is 1. The Morgan fingerprint density at radius 3 is 2.64 bits per heavy atom. The van der Waals surface area contributed by atoms with Gasteiger partial charge in [-0.2, -0.15) is 16.3 Å². The first-order valence-corrected chi connectivity index (χ1v) is 9.73. The molecule has 0 atom stereocenters. The van der Waals surface area contributed by atoms with Crippen molar-refractivity contribution in [2.75, 3.05) is 6.61 Å². The normalized spacial score (nSPS) is 10.5. The molecule has 3 aromatic rings. The van der Waals surface area contributed by atoms with Crippen molar-refractivity contribution in [1.82, 2.24) is 21.0 Å². The van der Waals surface area contributed by atoms with Crippen LogP contribution in [0.25, 0.3) is 11.4 Å². The van der Waals surface area contributed by atoms with E-state index < -0.39 is 5.91 Å². The second-order valence-corrected chi connectivity index (χ2v) is 6.69. The van der Waals surface area contributed by atoms with Gasteiger partial charge in [0.2, 0.25) is 17.6 Å². The van der Waals surface area contributed by atoms with Crippen LogP contribution in [0.2, 0.25) is 0 Å². The Morgan fingerprint density at radius 1 is 1.14 bits per heavy atom. The van der Waals surface area contributed by atoms with Crippen LogP contribution >= 0.6 is 11.3 Å². The van der Waals surface area contributed by atoms with Gasteiger partial charge in [0.1, 0.15) is 5.75 Å². The Bertz CT molecular complexity index is 906. The number of aryl methyl sites for hydroxylation is 2. The lowest BCUT2D eigenvalue weighted by atomic mass is 10.2. The third-order valence-corrected chi connectivity index (χ3v) is 4.54. The molecule has 2 N–H and O–H groups in total. The zero-order valence-corrected chi connectivity index (χ0v) is 16.1. The molecule has 0 spiro atoms. The van der Waals surface area contributed by atoms with E-state index in [1.807, 2.05) is 29.0 Å². The second-order valence-electron chi connectivity index (χ2n) is 5.91. The maximum atomic E-state index is 11.8. The Morgan fingerprint density at radius 2 is 1.93 bits per heavy atom. The van der Waals surface area contributed by atoms with E-state index in [1.54, 1.807) is 12.1 Å². The molecular formula is C19H20N4O4S. The van der Waals surface area contributed by atoms with Crippen molar-refractivity contribution in [2.24, 2.45) is 0 Å². The van der Waals surface area contributed by atoms with Gasteiger partial charge in [0.05, 0.1) is 0 Å². The molecule has 28 heavy (non-hydrogen) atoms. The largest absolute Gasteiger partial charge is 0.484 e. The summed E-state index contributed by atoms with van der Waals surface area (Å²) < 4.78 is 10.5. The molecule has 2 aromatic heterocycles. The summed E-state index contributed by atoms with van der Waals surface area (Å²) in [6.07, 6.45) is 1.32. The van der Waals surface area contributed by atoms with Crippen LogP contribution in [0, 0.1) is 0 Å². The zero-order valence-electron chi connectivity index (χ0n) is 15.3. The van der Waals surface area contributed by atoms with E-state index in [1.165, 1.54) is 16.9 Å². The van der Waals surface area contributed by atoms with Gasteiger partial charge in [-0.1, -0.05) is 24.2 Å². The number of nitrogens with one attached hydrogen (secondary N) is 2. The summed E-state index contributed by atoms with van der Waals surface area (Å²) in [4.78, 5) is 27.8. The van der Waals surface area contributed by atoms with Gasteiger partial charge in [-0.25, -0.2) is 0 Å². The summed E-state index contributed by atoms with van der Waals surface area (Å²) in [5.41, 5.74) is 6.71. The minimum Gasteiger partial charge on any atom is -0.484 e. The lowest BCUT2D eigenvalue weighted by Gasteiger charge is -2.08. The van der Waals surface area contributed by atoms with Gasteiger partial charge >= 0.3 is 0 Å². The summed E-state index contributed by atoms with van der Waals surface area (Å²) in [6, 6.07) is 9.38. The van der Waals surface area contributed by atoms with Gasteiger partial charge < -0.3 is 9.26 Å². The number of amides is 2. The first kappa shape index (κ1) is 19.6. The highest BCUT2D eigenvalue weighted by molar-refractivity contribution is 7.08. The number of carbonyl (C=O) groups is 2. The van der Waals surface area contributed by atoms with Crippen LogP contribution in [-0.4, -0.2) is 28.6 Å². The second kappa shape index (κ2) is 9.65. The zero-order chi connectivity index (χ0) is 19.8. The molecule has 0 aliphatic heterocycles. The highest BCUT2D eigenvalue weighted by atomic mass is 32.1. The molecule has 0 aliphatic carbocycles. The van der Waals surface area contributed by atoms with Crippen molar-refractivity contribution < 1.29 is 18.8 Å². The van der Waals surface area contributed by atoms with Gasteiger partial charge in [-0.05, 0) is 35.6 Å².